The van der Waals surface area contributed by atoms with Gasteiger partial charge in [0.1, 0.15) is 0 Å². The summed E-state index contributed by atoms with van der Waals surface area (Å²) in [5.74, 6) is -1.09. The van der Waals surface area contributed by atoms with E-state index in [9.17, 15) is 9.90 Å². The predicted molar refractivity (Wildman–Crippen MR) is 72.5 cm³/mol. The summed E-state index contributed by atoms with van der Waals surface area (Å²) in [6, 6.07) is 6.24. The SMILES string of the molecule is O=C([O-])C(Br)C(Br)c1ccc2c(c1)CCCC2. The zero-order valence-corrected chi connectivity index (χ0v) is 12.5. The lowest BCUT2D eigenvalue weighted by atomic mass is 9.90. The number of rotatable bonds is 3. The van der Waals surface area contributed by atoms with E-state index in [1.165, 1.54) is 24.0 Å². The summed E-state index contributed by atoms with van der Waals surface area (Å²) in [5, 5.41) is 10.8. The monoisotopic (exact) mass is 359 g/mol. The van der Waals surface area contributed by atoms with Crippen molar-refractivity contribution in [2.75, 3.05) is 0 Å². The number of carbonyl (C=O) groups excluding carboxylic acids is 1. The molecule has 0 aromatic heterocycles. The molecule has 0 saturated carbocycles. The largest absolute Gasteiger partial charge is 0.549 e. The smallest absolute Gasteiger partial charge is 0.0707 e. The molecule has 2 atom stereocenters. The van der Waals surface area contributed by atoms with Gasteiger partial charge in [-0.25, -0.2) is 0 Å². The van der Waals surface area contributed by atoms with Crippen LogP contribution in [0.4, 0.5) is 0 Å². The van der Waals surface area contributed by atoms with Crippen LogP contribution in [-0.2, 0) is 17.6 Å². The van der Waals surface area contributed by atoms with Crippen LogP contribution in [0, 0.1) is 0 Å². The molecule has 2 rings (SSSR count). The Hall–Kier alpha value is -0.350. The Labute approximate surface area is 118 Å². The lowest BCUT2D eigenvalue weighted by Gasteiger charge is -2.21. The summed E-state index contributed by atoms with van der Waals surface area (Å²) < 4.78 is 0. The Morgan fingerprint density at radius 3 is 2.47 bits per heavy atom. The summed E-state index contributed by atoms with van der Waals surface area (Å²) in [6.07, 6.45) is 4.72. The average Bonchev–Trinajstić information content (AvgIpc) is 2.36. The summed E-state index contributed by atoms with van der Waals surface area (Å²) >= 11 is 6.54. The Balaban J connectivity index is 2.24. The fourth-order valence-electron chi connectivity index (χ4n) is 2.21. The third-order valence-electron chi connectivity index (χ3n) is 3.17. The Bertz CT molecular complexity index is 431. The molecule has 1 aromatic rings. The van der Waals surface area contributed by atoms with E-state index < -0.39 is 10.8 Å². The van der Waals surface area contributed by atoms with Crippen molar-refractivity contribution in [3.05, 3.63) is 34.9 Å². The Kier molecular flexibility index (Phi) is 4.26. The van der Waals surface area contributed by atoms with E-state index in [1.807, 2.05) is 6.07 Å². The summed E-state index contributed by atoms with van der Waals surface area (Å²) in [4.78, 5) is 9.86. The van der Waals surface area contributed by atoms with Crippen molar-refractivity contribution < 1.29 is 9.90 Å². The van der Waals surface area contributed by atoms with E-state index >= 15 is 0 Å². The van der Waals surface area contributed by atoms with Gasteiger partial charge in [0, 0.05) is 0 Å². The first-order valence-electron chi connectivity index (χ1n) is 5.70. The number of fused-ring (bicyclic) bond motifs is 1. The highest BCUT2D eigenvalue weighted by Gasteiger charge is 2.20. The first kappa shape index (κ1) is 13.1. The van der Waals surface area contributed by atoms with Crippen LogP contribution in [0.25, 0.3) is 0 Å². The van der Waals surface area contributed by atoms with Crippen LogP contribution in [0.3, 0.4) is 0 Å². The van der Waals surface area contributed by atoms with Crippen molar-refractivity contribution in [1.82, 2.24) is 0 Å². The van der Waals surface area contributed by atoms with E-state index in [1.54, 1.807) is 0 Å². The molecule has 0 radical (unpaired) electrons. The molecule has 1 aliphatic rings. The van der Waals surface area contributed by atoms with Crippen molar-refractivity contribution in [3.8, 4) is 0 Å². The first-order chi connectivity index (χ1) is 8.09. The van der Waals surface area contributed by atoms with Gasteiger partial charge in [-0.15, -0.1) is 0 Å². The van der Waals surface area contributed by atoms with E-state index in [2.05, 4.69) is 44.0 Å². The number of carboxylic acids is 1. The molecule has 0 heterocycles. The zero-order valence-electron chi connectivity index (χ0n) is 9.29. The average molecular weight is 361 g/mol. The lowest BCUT2D eigenvalue weighted by Crippen LogP contribution is -2.34. The predicted octanol–water partition coefficient (Wildman–Crippen LogP) is 2.51. The van der Waals surface area contributed by atoms with Gasteiger partial charge in [-0.2, -0.15) is 0 Å². The zero-order chi connectivity index (χ0) is 12.4. The molecule has 0 spiro atoms. The molecular weight excluding hydrogens is 348 g/mol. The molecule has 4 heteroatoms. The minimum Gasteiger partial charge on any atom is -0.549 e. The molecule has 0 fully saturated rings. The number of halogens is 2. The molecule has 0 bridgehead atoms. The van der Waals surface area contributed by atoms with E-state index in [0.29, 0.717) is 0 Å². The van der Waals surface area contributed by atoms with Crippen LogP contribution in [0.15, 0.2) is 18.2 Å². The molecule has 17 heavy (non-hydrogen) atoms. The van der Waals surface area contributed by atoms with Gasteiger partial charge in [-0.05, 0) is 42.4 Å². The number of hydrogen-bond acceptors (Lipinski definition) is 2. The van der Waals surface area contributed by atoms with Gasteiger partial charge in [0.25, 0.3) is 0 Å². The van der Waals surface area contributed by atoms with Crippen molar-refractivity contribution in [1.29, 1.82) is 0 Å². The molecule has 2 unspecified atom stereocenters. The van der Waals surface area contributed by atoms with Crippen molar-refractivity contribution in [2.24, 2.45) is 0 Å². The van der Waals surface area contributed by atoms with Crippen LogP contribution >= 0.6 is 31.9 Å². The molecule has 0 aliphatic heterocycles. The Morgan fingerprint density at radius 1 is 1.18 bits per heavy atom. The van der Waals surface area contributed by atoms with Gasteiger partial charge in [0.05, 0.1) is 15.6 Å². The van der Waals surface area contributed by atoms with Gasteiger partial charge in [-0.1, -0.05) is 50.1 Å². The van der Waals surface area contributed by atoms with Gasteiger partial charge >= 0.3 is 0 Å². The van der Waals surface area contributed by atoms with Gasteiger partial charge in [-0.3, -0.25) is 0 Å². The topological polar surface area (TPSA) is 40.1 Å². The number of aryl methyl sites for hydroxylation is 2. The number of alkyl halides is 2. The maximum Gasteiger partial charge on any atom is 0.0707 e. The maximum atomic E-state index is 10.8. The van der Waals surface area contributed by atoms with Crippen molar-refractivity contribution >= 4 is 37.8 Å². The molecular formula is C13H13Br2O2-. The molecule has 1 aromatic carbocycles. The van der Waals surface area contributed by atoms with E-state index in [-0.39, 0.29) is 4.83 Å². The number of aliphatic carboxylic acids is 1. The molecule has 92 valence electrons. The third-order valence-corrected chi connectivity index (χ3v) is 5.84. The summed E-state index contributed by atoms with van der Waals surface area (Å²) in [6.45, 7) is 0. The number of hydrogen-bond donors (Lipinski definition) is 0. The molecule has 2 nitrogen and oxygen atoms in total. The lowest BCUT2D eigenvalue weighted by molar-refractivity contribution is -0.304. The van der Waals surface area contributed by atoms with Crippen LogP contribution in [-0.4, -0.2) is 10.8 Å². The van der Waals surface area contributed by atoms with Gasteiger partial charge in [0.15, 0.2) is 0 Å². The minimum atomic E-state index is -1.09. The normalized spacial score (nSPS) is 18.2. The maximum absolute atomic E-state index is 10.8. The van der Waals surface area contributed by atoms with Gasteiger partial charge in [0.2, 0.25) is 0 Å². The van der Waals surface area contributed by atoms with Crippen LogP contribution in [0.1, 0.15) is 34.4 Å². The second-order valence-corrected chi connectivity index (χ2v) is 6.33. The highest BCUT2D eigenvalue weighted by atomic mass is 79.9. The molecule has 0 saturated heterocycles. The van der Waals surface area contributed by atoms with Crippen LogP contribution in [0.5, 0.6) is 0 Å². The van der Waals surface area contributed by atoms with Crippen molar-refractivity contribution in [2.45, 2.75) is 35.3 Å². The highest BCUT2D eigenvalue weighted by Crippen LogP contribution is 2.33. The van der Waals surface area contributed by atoms with E-state index in [0.717, 1.165) is 18.4 Å². The second-order valence-electron chi connectivity index (χ2n) is 4.36. The summed E-state index contributed by atoms with van der Waals surface area (Å²) in [7, 11) is 0. The fraction of sp³-hybridized carbons (Fsp3) is 0.462. The molecule has 1 aliphatic carbocycles. The highest BCUT2D eigenvalue weighted by molar-refractivity contribution is 9.12. The number of benzene rings is 1. The first-order valence-corrected chi connectivity index (χ1v) is 7.53. The standard InChI is InChI=1S/C13H14Br2O2/c14-11(12(15)13(16)17)10-6-5-8-3-1-2-4-9(8)7-10/h5-7,11-12H,1-4H2,(H,16,17)/p-1. The minimum absolute atomic E-state index is 0.250. The number of carbonyl (C=O) groups is 1. The van der Waals surface area contributed by atoms with Crippen LogP contribution in [0.2, 0.25) is 0 Å². The molecule has 0 N–H and O–H groups in total. The van der Waals surface area contributed by atoms with Crippen LogP contribution < -0.4 is 5.11 Å². The van der Waals surface area contributed by atoms with E-state index in [4.69, 9.17) is 0 Å². The molecule has 0 amide bonds. The third kappa shape index (κ3) is 2.91. The fourth-order valence-corrected chi connectivity index (χ4v) is 3.02. The van der Waals surface area contributed by atoms with Gasteiger partial charge < -0.3 is 9.90 Å². The second kappa shape index (κ2) is 5.53. The van der Waals surface area contributed by atoms with Crippen molar-refractivity contribution in [3.63, 3.8) is 0 Å². The number of carboxylic acid groups (broad SMARTS) is 1. The quantitative estimate of drug-likeness (QED) is 0.777. The summed E-state index contributed by atoms with van der Waals surface area (Å²) in [5.41, 5.74) is 3.76. The Morgan fingerprint density at radius 2 is 1.82 bits per heavy atom.